The number of allylic oxidation sites excluding steroid dienone is 1. The van der Waals surface area contributed by atoms with Gasteiger partial charge in [0.15, 0.2) is 5.82 Å². The number of fused-ring (bicyclic) bond motifs is 1. The number of aliphatic hydroxyl groups excluding tert-OH is 1. The molecule has 0 aliphatic heterocycles. The Labute approximate surface area is 199 Å². The first-order chi connectivity index (χ1) is 15.7. The second-order valence-corrected chi connectivity index (χ2v) is 8.65. The molecule has 186 valence electrons. The maximum Gasteiger partial charge on any atom is 0.399 e. The summed E-state index contributed by atoms with van der Waals surface area (Å²) in [5.41, 5.74) is 0.571. The first-order valence-electron chi connectivity index (χ1n) is 9.83. The Kier molecular flexibility index (Phi) is 7.86. The molecule has 0 radical (unpaired) electrons. The molecule has 4 atom stereocenters. The molecule has 3 rings (SSSR count). The van der Waals surface area contributed by atoms with Gasteiger partial charge in [0.1, 0.15) is 12.4 Å². The van der Waals surface area contributed by atoms with Crippen LogP contribution in [0.15, 0.2) is 36.4 Å². The number of hydrogen-bond donors (Lipinski definition) is 2. The molecule has 2 aromatic carbocycles. The number of rotatable bonds is 6. The summed E-state index contributed by atoms with van der Waals surface area (Å²) in [5, 5.41) is 10.6. The Balaban J connectivity index is 1.84. The number of hydrogen-bond acceptors (Lipinski definition) is 2. The fourth-order valence-corrected chi connectivity index (χ4v) is 4.29. The molecule has 0 bridgehead atoms. The van der Waals surface area contributed by atoms with Gasteiger partial charge in [-0.3, -0.25) is 5.32 Å². The number of aliphatic hydroxyl groups is 1. The topological polar surface area (TPSA) is 32.3 Å². The average molecular weight is 534 g/mol. The van der Waals surface area contributed by atoms with E-state index in [4.69, 9.17) is 23.2 Å². The summed E-state index contributed by atoms with van der Waals surface area (Å²) < 4.78 is 106. The molecular weight excluding hydrogens is 517 g/mol. The number of nitrogens with one attached hydrogen (secondary N) is 1. The van der Waals surface area contributed by atoms with Gasteiger partial charge in [0, 0.05) is 6.42 Å². The van der Waals surface area contributed by atoms with Crippen molar-refractivity contribution in [3.63, 3.8) is 0 Å². The van der Waals surface area contributed by atoms with Crippen molar-refractivity contribution < 1.29 is 40.2 Å². The highest BCUT2D eigenvalue weighted by molar-refractivity contribution is 6.35. The number of alkyl halides is 7. The smallest absolute Gasteiger partial charge is 0.378 e. The van der Waals surface area contributed by atoms with Gasteiger partial charge < -0.3 is 5.11 Å². The summed E-state index contributed by atoms with van der Waals surface area (Å²) in [6.45, 7) is 0. The zero-order valence-electron chi connectivity index (χ0n) is 17.0. The molecule has 1 aliphatic carbocycles. The minimum absolute atomic E-state index is 0.195. The predicted octanol–water partition coefficient (Wildman–Crippen LogP) is 7.29. The molecule has 0 spiro atoms. The maximum atomic E-state index is 14.4. The van der Waals surface area contributed by atoms with Crippen LogP contribution in [0.4, 0.5) is 35.1 Å². The summed E-state index contributed by atoms with van der Waals surface area (Å²) >= 11 is 11.2. The molecule has 12 heteroatoms. The van der Waals surface area contributed by atoms with Crippen LogP contribution >= 0.6 is 23.2 Å². The van der Waals surface area contributed by atoms with Crippen LogP contribution in [0.3, 0.4) is 0 Å². The largest absolute Gasteiger partial charge is 0.399 e. The molecule has 0 amide bonds. The monoisotopic (exact) mass is 533 g/mol. The van der Waals surface area contributed by atoms with Crippen molar-refractivity contribution in [1.29, 1.82) is 0 Å². The van der Waals surface area contributed by atoms with Gasteiger partial charge in [-0.05, 0) is 34.4 Å². The Morgan fingerprint density at radius 2 is 1.68 bits per heavy atom. The molecule has 2 nitrogen and oxygen atoms in total. The van der Waals surface area contributed by atoms with Crippen molar-refractivity contribution in [1.82, 2.24) is 5.32 Å². The van der Waals surface area contributed by atoms with Gasteiger partial charge >= 0.3 is 12.4 Å². The summed E-state index contributed by atoms with van der Waals surface area (Å²) in [6.07, 6.45) is -12.9. The molecule has 1 aliphatic rings. The molecule has 0 saturated carbocycles. The normalized spacial score (nSPS) is 20.6. The molecule has 4 unspecified atom stereocenters. The summed E-state index contributed by atoms with van der Waals surface area (Å²) in [6, 6.07) is 4.61. The molecule has 2 aromatic rings. The highest BCUT2D eigenvalue weighted by Crippen LogP contribution is 2.40. The van der Waals surface area contributed by atoms with E-state index in [0.717, 1.165) is 24.3 Å². The molecule has 0 heterocycles. The van der Waals surface area contributed by atoms with Gasteiger partial charge in [-0.1, -0.05) is 53.6 Å². The molecule has 0 fully saturated rings. The van der Waals surface area contributed by atoms with E-state index in [0.29, 0.717) is 11.1 Å². The van der Waals surface area contributed by atoms with Gasteiger partial charge in [0.2, 0.25) is 0 Å². The van der Waals surface area contributed by atoms with Crippen molar-refractivity contribution in [2.24, 2.45) is 0 Å². The Morgan fingerprint density at radius 1 is 1.06 bits per heavy atom. The first kappa shape index (κ1) is 26.7. The number of halogens is 10. The van der Waals surface area contributed by atoms with Crippen LogP contribution in [-0.4, -0.2) is 29.9 Å². The molecular formula is C22H17Cl2F8NO. The lowest BCUT2D eigenvalue weighted by molar-refractivity contribution is -0.158. The van der Waals surface area contributed by atoms with Gasteiger partial charge in [-0.25, -0.2) is 8.78 Å². The second-order valence-electron chi connectivity index (χ2n) is 7.83. The third-order valence-electron chi connectivity index (χ3n) is 5.27. The van der Waals surface area contributed by atoms with Crippen LogP contribution in [-0.2, 0) is 6.42 Å². The van der Waals surface area contributed by atoms with Crippen molar-refractivity contribution in [3.8, 4) is 0 Å². The maximum absolute atomic E-state index is 14.4. The fourth-order valence-electron chi connectivity index (χ4n) is 3.78. The van der Waals surface area contributed by atoms with Crippen LogP contribution in [0.2, 0.25) is 10.0 Å². The van der Waals surface area contributed by atoms with E-state index in [1.165, 1.54) is 18.2 Å². The van der Waals surface area contributed by atoms with Gasteiger partial charge in [0.05, 0.1) is 28.4 Å². The third kappa shape index (κ3) is 6.41. The second kappa shape index (κ2) is 10.0. The number of benzene rings is 2. The molecule has 0 aromatic heterocycles. The minimum Gasteiger partial charge on any atom is -0.378 e. The van der Waals surface area contributed by atoms with E-state index in [1.807, 2.05) is 0 Å². The Hall–Kier alpha value is -1.88. The van der Waals surface area contributed by atoms with Crippen molar-refractivity contribution in [3.05, 3.63) is 74.5 Å². The van der Waals surface area contributed by atoms with Crippen LogP contribution in [0.25, 0.3) is 6.08 Å². The van der Waals surface area contributed by atoms with E-state index < -0.39 is 59.0 Å². The zero-order valence-corrected chi connectivity index (χ0v) is 18.5. The standard InChI is InChI=1S/C22H17Cl2F8NO/c23-15-6-12(7-16(24)19(15)26)14(22(30,31)32)4-2-10-1-3-13-11(5-10)8-17(25)20(13)33-18(34)9-21(27,28)29/h1-7,14,17-18,20,33-34H,8-9H2/b4-2+. The van der Waals surface area contributed by atoms with E-state index in [-0.39, 0.29) is 17.5 Å². The lowest BCUT2D eigenvalue weighted by Gasteiger charge is -2.22. The summed E-state index contributed by atoms with van der Waals surface area (Å²) in [5.74, 6) is -3.21. The highest BCUT2D eigenvalue weighted by Gasteiger charge is 2.40. The highest BCUT2D eigenvalue weighted by atomic mass is 35.5. The third-order valence-corrected chi connectivity index (χ3v) is 5.82. The summed E-state index contributed by atoms with van der Waals surface area (Å²) in [4.78, 5) is 0. The van der Waals surface area contributed by atoms with E-state index in [2.05, 4.69) is 5.32 Å². The fraction of sp³-hybridized carbons (Fsp3) is 0.364. The van der Waals surface area contributed by atoms with Crippen molar-refractivity contribution >= 4 is 29.3 Å². The van der Waals surface area contributed by atoms with Crippen LogP contribution in [0, 0.1) is 5.82 Å². The lowest BCUT2D eigenvalue weighted by Crippen LogP contribution is -2.38. The van der Waals surface area contributed by atoms with Crippen LogP contribution < -0.4 is 5.32 Å². The lowest BCUT2D eigenvalue weighted by atomic mass is 9.96. The predicted molar refractivity (Wildman–Crippen MR) is 112 cm³/mol. The van der Waals surface area contributed by atoms with Gasteiger partial charge in [-0.15, -0.1) is 0 Å². The van der Waals surface area contributed by atoms with Crippen LogP contribution in [0.1, 0.15) is 40.6 Å². The van der Waals surface area contributed by atoms with E-state index in [9.17, 15) is 40.2 Å². The van der Waals surface area contributed by atoms with Gasteiger partial charge in [0.25, 0.3) is 0 Å². The molecule has 0 saturated heterocycles. The van der Waals surface area contributed by atoms with Crippen molar-refractivity contribution in [2.75, 3.05) is 0 Å². The van der Waals surface area contributed by atoms with Gasteiger partial charge in [-0.2, -0.15) is 26.3 Å². The van der Waals surface area contributed by atoms with E-state index in [1.54, 1.807) is 0 Å². The minimum atomic E-state index is -4.76. The summed E-state index contributed by atoms with van der Waals surface area (Å²) in [7, 11) is 0. The molecule has 34 heavy (non-hydrogen) atoms. The first-order valence-corrected chi connectivity index (χ1v) is 10.6. The average Bonchev–Trinajstić information content (AvgIpc) is 2.98. The quantitative estimate of drug-likeness (QED) is 0.232. The Morgan fingerprint density at radius 3 is 2.24 bits per heavy atom. The van der Waals surface area contributed by atoms with Crippen LogP contribution in [0.5, 0.6) is 0 Å². The van der Waals surface area contributed by atoms with E-state index >= 15 is 0 Å². The zero-order chi connectivity index (χ0) is 25.4. The molecule has 2 N–H and O–H groups in total. The van der Waals surface area contributed by atoms with Crippen molar-refractivity contribution in [2.45, 2.75) is 49.6 Å². The SMILES string of the molecule is OC(CC(F)(F)F)NC1c2ccc(/C=C/C(c3cc(Cl)c(F)c(Cl)c3)C(F)(F)F)cc2CC1F. The Bertz CT molecular complexity index is 1050.